The van der Waals surface area contributed by atoms with Gasteiger partial charge in [-0.2, -0.15) is 0 Å². The van der Waals surface area contributed by atoms with Crippen molar-refractivity contribution in [2.24, 2.45) is 10.4 Å². The largest absolute Gasteiger partial charge is 0.355 e. The van der Waals surface area contributed by atoms with E-state index in [1.54, 1.807) is 11.9 Å². The van der Waals surface area contributed by atoms with Crippen LogP contribution in [0.1, 0.15) is 43.7 Å². The van der Waals surface area contributed by atoms with Crippen LogP contribution in [0.2, 0.25) is 0 Å². The number of nitrogens with zero attached hydrogens (tertiary/aromatic N) is 2. The molecule has 1 aliphatic carbocycles. The summed E-state index contributed by atoms with van der Waals surface area (Å²) in [6.07, 6.45) is 5.16. The number of aryl methyl sites for hydroxylation is 1. The van der Waals surface area contributed by atoms with E-state index in [-0.39, 0.29) is 35.3 Å². The fourth-order valence-electron chi connectivity index (χ4n) is 3.72. The lowest BCUT2D eigenvalue weighted by molar-refractivity contribution is -0.138. The van der Waals surface area contributed by atoms with E-state index in [2.05, 4.69) is 46.8 Å². The third-order valence-corrected chi connectivity index (χ3v) is 5.18. The topological polar surface area (TPSA) is 56.7 Å². The molecule has 0 spiro atoms. The second-order valence-corrected chi connectivity index (χ2v) is 7.09. The van der Waals surface area contributed by atoms with E-state index in [0.29, 0.717) is 6.54 Å². The first-order valence-electron chi connectivity index (χ1n) is 9.25. The van der Waals surface area contributed by atoms with Crippen molar-refractivity contribution in [3.8, 4) is 0 Å². The molecule has 0 radical (unpaired) electrons. The van der Waals surface area contributed by atoms with Crippen LogP contribution >= 0.6 is 24.0 Å². The molecule has 1 aromatic carbocycles. The molecule has 1 fully saturated rings. The maximum atomic E-state index is 12.7. The first kappa shape index (κ1) is 22.7. The second-order valence-electron chi connectivity index (χ2n) is 7.09. The molecule has 0 atom stereocenters. The highest BCUT2D eigenvalue weighted by atomic mass is 127. The van der Waals surface area contributed by atoms with E-state index in [0.717, 1.165) is 44.6 Å². The number of carbonyl (C=O) groups excluding carboxylic acids is 1. The van der Waals surface area contributed by atoms with Gasteiger partial charge in [0.1, 0.15) is 0 Å². The van der Waals surface area contributed by atoms with Crippen LogP contribution in [-0.2, 0) is 17.8 Å². The summed E-state index contributed by atoms with van der Waals surface area (Å²) in [6.45, 7) is 3.54. The number of hydrogen-bond donors (Lipinski definition) is 2. The normalized spacial score (nSPS) is 15.9. The maximum absolute atomic E-state index is 12.7. The first-order valence-corrected chi connectivity index (χ1v) is 9.25. The second kappa shape index (κ2) is 10.7. The van der Waals surface area contributed by atoms with Gasteiger partial charge in [-0.1, -0.05) is 44.0 Å². The SMILES string of the molecule is CCc1ccccc1CNC(=NC)NCC1(C(=O)N(C)C)CCCC1.I. The van der Waals surface area contributed by atoms with E-state index in [9.17, 15) is 4.79 Å². The van der Waals surface area contributed by atoms with Crippen molar-refractivity contribution in [3.05, 3.63) is 35.4 Å². The zero-order chi connectivity index (χ0) is 18.3. The Labute approximate surface area is 175 Å². The fraction of sp³-hybridized carbons (Fsp3) is 0.600. The molecule has 1 saturated carbocycles. The molecule has 0 aromatic heterocycles. The zero-order valence-corrected chi connectivity index (χ0v) is 18.8. The smallest absolute Gasteiger partial charge is 0.230 e. The van der Waals surface area contributed by atoms with Crippen LogP contribution in [0.4, 0.5) is 0 Å². The molecular weight excluding hydrogens is 439 g/mol. The van der Waals surface area contributed by atoms with Crippen molar-refractivity contribution in [3.63, 3.8) is 0 Å². The minimum Gasteiger partial charge on any atom is -0.355 e. The van der Waals surface area contributed by atoms with Gasteiger partial charge >= 0.3 is 0 Å². The van der Waals surface area contributed by atoms with Crippen molar-refractivity contribution in [2.75, 3.05) is 27.7 Å². The van der Waals surface area contributed by atoms with E-state index < -0.39 is 0 Å². The molecule has 26 heavy (non-hydrogen) atoms. The molecule has 2 N–H and O–H groups in total. The van der Waals surface area contributed by atoms with Gasteiger partial charge in [-0.25, -0.2) is 0 Å². The van der Waals surface area contributed by atoms with Gasteiger partial charge in [0.25, 0.3) is 0 Å². The van der Waals surface area contributed by atoms with E-state index >= 15 is 0 Å². The summed E-state index contributed by atoms with van der Waals surface area (Å²) in [5, 5.41) is 6.77. The van der Waals surface area contributed by atoms with Crippen molar-refractivity contribution in [2.45, 2.75) is 45.6 Å². The molecule has 0 bridgehead atoms. The minimum atomic E-state index is -0.289. The predicted molar refractivity (Wildman–Crippen MR) is 119 cm³/mol. The molecule has 0 aliphatic heterocycles. The maximum Gasteiger partial charge on any atom is 0.230 e. The van der Waals surface area contributed by atoms with Crippen molar-refractivity contribution < 1.29 is 4.79 Å². The lowest BCUT2D eigenvalue weighted by atomic mass is 9.84. The number of halogens is 1. The Morgan fingerprint density at radius 1 is 1.15 bits per heavy atom. The first-order chi connectivity index (χ1) is 12.0. The van der Waals surface area contributed by atoms with Crippen LogP contribution < -0.4 is 10.6 Å². The summed E-state index contributed by atoms with van der Waals surface area (Å²) >= 11 is 0. The number of benzene rings is 1. The molecule has 1 aliphatic rings. The Hall–Kier alpha value is -1.31. The van der Waals surface area contributed by atoms with Gasteiger partial charge in [0.05, 0.1) is 5.41 Å². The van der Waals surface area contributed by atoms with Gasteiger partial charge in [0, 0.05) is 34.2 Å². The van der Waals surface area contributed by atoms with Crippen molar-refractivity contribution in [1.82, 2.24) is 15.5 Å². The number of aliphatic imine (C=N–C) groups is 1. The number of hydrogen-bond acceptors (Lipinski definition) is 2. The van der Waals surface area contributed by atoms with Crippen LogP contribution in [0.25, 0.3) is 0 Å². The summed E-state index contributed by atoms with van der Waals surface area (Å²) in [5.41, 5.74) is 2.34. The summed E-state index contributed by atoms with van der Waals surface area (Å²) in [6, 6.07) is 8.45. The molecule has 6 heteroatoms. The van der Waals surface area contributed by atoms with Gasteiger partial charge in [0.2, 0.25) is 5.91 Å². The summed E-state index contributed by atoms with van der Waals surface area (Å²) in [4.78, 5) is 18.7. The minimum absolute atomic E-state index is 0. The summed E-state index contributed by atoms with van der Waals surface area (Å²) in [5.74, 6) is 0.980. The molecule has 2 rings (SSSR count). The van der Waals surface area contributed by atoms with Crippen LogP contribution in [0, 0.1) is 5.41 Å². The highest BCUT2D eigenvalue weighted by Gasteiger charge is 2.42. The lowest BCUT2D eigenvalue weighted by Crippen LogP contribution is -2.49. The average molecular weight is 472 g/mol. The molecule has 0 saturated heterocycles. The van der Waals surface area contributed by atoms with Crippen molar-refractivity contribution >= 4 is 35.8 Å². The van der Waals surface area contributed by atoms with E-state index in [1.165, 1.54) is 11.1 Å². The van der Waals surface area contributed by atoms with Crippen LogP contribution in [0.5, 0.6) is 0 Å². The molecule has 0 heterocycles. The molecule has 1 aromatic rings. The molecule has 1 amide bonds. The highest BCUT2D eigenvalue weighted by molar-refractivity contribution is 14.0. The van der Waals surface area contributed by atoms with Crippen molar-refractivity contribution in [1.29, 1.82) is 0 Å². The van der Waals surface area contributed by atoms with Gasteiger partial charge in [-0.15, -0.1) is 24.0 Å². The number of amides is 1. The third kappa shape index (κ3) is 5.59. The molecule has 5 nitrogen and oxygen atoms in total. The van der Waals surface area contributed by atoms with Gasteiger partial charge < -0.3 is 15.5 Å². The summed E-state index contributed by atoms with van der Waals surface area (Å²) in [7, 11) is 5.46. The lowest BCUT2D eigenvalue weighted by Gasteiger charge is -2.31. The third-order valence-electron chi connectivity index (χ3n) is 5.18. The van der Waals surface area contributed by atoms with E-state index in [1.807, 2.05) is 14.1 Å². The van der Waals surface area contributed by atoms with Crippen LogP contribution in [0.15, 0.2) is 29.3 Å². The Balaban J connectivity index is 0.00000338. The number of carbonyl (C=O) groups is 1. The number of nitrogens with one attached hydrogen (secondary N) is 2. The van der Waals surface area contributed by atoms with Gasteiger partial charge in [0.15, 0.2) is 5.96 Å². The van der Waals surface area contributed by atoms with E-state index in [4.69, 9.17) is 0 Å². The predicted octanol–water partition coefficient (Wildman–Crippen LogP) is 3.18. The number of guanidine groups is 1. The zero-order valence-electron chi connectivity index (χ0n) is 16.5. The van der Waals surface area contributed by atoms with Crippen LogP contribution in [-0.4, -0.2) is 44.5 Å². The molecule has 146 valence electrons. The Morgan fingerprint density at radius 3 is 2.31 bits per heavy atom. The van der Waals surface area contributed by atoms with Crippen LogP contribution in [0.3, 0.4) is 0 Å². The quantitative estimate of drug-likeness (QED) is 0.380. The molecule has 0 unspecified atom stereocenters. The average Bonchev–Trinajstić information content (AvgIpc) is 3.11. The number of rotatable bonds is 6. The standard InChI is InChI=1S/C20H32N4O.HI/c1-5-16-10-6-7-11-17(16)14-22-19(21-2)23-15-20(12-8-9-13-20)18(25)24(3)4;/h6-7,10-11H,5,8-9,12-15H2,1-4H3,(H2,21,22,23);1H. The Kier molecular flexibility index (Phi) is 9.39. The van der Waals surface area contributed by atoms with Gasteiger partial charge in [-0.05, 0) is 30.4 Å². The molecular formula is C20H33IN4O. The Morgan fingerprint density at radius 2 is 1.77 bits per heavy atom. The summed E-state index contributed by atoms with van der Waals surface area (Å²) < 4.78 is 0. The van der Waals surface area contributed by atoms with Gasteiger partial charge in [-0.3, -0.25) is 9.79 Å². The fourth-order valence-corrected chi connectivity index (χ4v) is 3.72. The highest BCUT2D eigenvalue weighted by Crippen LogP contribution is 2.38. The Bertz CT molecular complexity index is 610. The monoisotopic (exact) mass is 472 g/mol.